The van der Waals surface area contributed by atoms with Crippen LogP contribution in [0.25, 0.3) is 0 Å². The number of fused-ring (bicyclic) bond motifs is 5. The number of rotatable bonds is 0. The van der Waals surface area contributed by atoms with Crippen LogP contribution in [-0.4, -0.2) is 10.9 Å². The zero-order valence-corrected chi connectivity index (χ0v) is 14.3. The van der Waals surface area contributed by atoms with Crippen molar-refractivity contribution in [3.63, 3.8) is 0 Å². The number of benzene rings is 2. The summed E-state index contributed by atoms with van der Waals surface area (Å²) in [5.41, 5.74) is 3.96. The van der Waals surface area contributed by atoms with E-state index in [1.165, 1.54) is 0 Å². The summed E-state index contributed by atoms with van der Waals surface area (Å²) in [6.07, 6.45) is 1.68. The van der Waals surface area contributed by atoms with E-state index in [-0.39, 0.29) is 11.8 Å². The highest BCUT2D eigenvalue weighted by Crippen LogP contribution is 2.56. The van der Waals surface area contributed by atoms with E-state index in [1.807, 2.05) is 65.6 Å². The highest BCUT2D eigenvalue weighted by atomic mass is 16.2. The molecular weight excluding hydrogens is 320 g/mol. The number of nitrogens with zero attached hydrogens (tertiary/aromatic N) is 2. The Balaban J connectivity index is 1.74. The van der Waals surface area contributed by atoms with Crippen LogP contribution in [-0.2, 0) is 5.54 Å². The van der Waals surface area contributed by atoms with Crippen molar-refractivity contribution in [1.82, 2.24) is 4.98 Å². The number of pyridine rings is 1. The number of hydrogen-bond donors (Lipinski definition) is 0. The lowest BCUT2D eigenvalue weighted by molar-refractivity contribution is 0.0978. The maximum atomic E-state index is 13.1. The summed E-state index contributed by atoms with van der Waals surface area (Å²) in [4.78, 5) is 19.3. The fourth-order valence-corrected chi connectivity index (χ4v) is 4.20. The van der Waals surface area contributed by atoms with Gasteiger partial charge in [0.05, 0.1) is 11.5 Å². The van der Waals surface area contributed by atoms with Crippen molar-refractivity contribution in [2.24, 2.45) is 0 Å². The van der Waals surface area contributed by atoms with E-state index in [1.54, 1.807) is 6.20 Å². The smallest absolute Gasteiger partial charge is 0.278 e. The van der Waals surface area contributed by atoms with Gasteiger partial charge in [-0.15, -0.1) is 0 Å². The molecule has 124 valence electrons. The SMILES string of the molecule is C[C@@]12c3cccnc3C(=O)N1c1ccccc1[C@@H]2C#Cc1ccccc1. The summed E-state index contributed by atoms with van der Waals surface area (Å²) < 4.78 is 0. The molecule has 3 nitrogen and oxygen atoms in total. The number of anilines is 1. The van der Waals surface area contributed by atoms with Crippen molar-refractivity contribution < 1.29 is 4.79 Å². The van der Waals surface area contributed by atoms with Gasteiger partial charge in [-0.25, -0.2) is 0 Å². The number of carbonyl (C=O) groups is 1. The van der Waals surface area contributed by atoms with Crippen molar-refractivity contribution in [2.45, 2.75) is 18.4 Å². The lowest BCUT2D eigenvalue weighted by Gasteiger charge is -2.31. The van der Waals surface area contributed by atoms with E-state index in [0.717, 1.165) is 22.4 Å². The third kappa shape index (κ3) is 1.84. The molecule has 1 aromatic heterocycles. The monoisotopic (exact) mass is 336 g/mol. The molecule has 0 saturated heterocycles. The molecule has 26 heavy (non-hydrogen) atoms. The Morgan fingerprint density at radius 1 is 1.00 bits per heavy atom. The first-order valence-electron chi connectivity index (χ1n) is 8.67. The lowest BCUT2D eigenvalue weighted by atomic mass is 9.80. The second kappa shape index (κ2) is 5.31. The summed E-state index contributed by atoms with van der Waals surface area (Å²) in [7, 11) is 0. The van der Waals surface area contributed by atoms with Crippen LogP contribution in [0.4, 0.5) is 5.69 Å². The molecule has 3 heterocycles. The molecule has 1 amide bonds. The molecule has 3 heteroatoms. The average molecular weight is 336 g/mol. The van der Waals surface area contributed by atoms with Gasteiger partial charge in [-0.2, -0.15) is 0 Å². The standard InChI is InChI=1S/C23H16N2O/c1-23-18(14-13-16-8-3-2-4-9-16)17-10-5-6-12-20(17)25(23)22(26)21-19(23)11-7-15-24-21/h2-12,15,18H,1H3/t18-,23+/m0/s1. The summed E-state index contributed by atoms with van der Waals surface area (Å²) in [6.45, 7) is 2.10. The van der Waals surface area contributed by atoms with Gasteiger partial charge >= 0.3 is 0 Å². The van der Waals surface area contributed by atoms with Gasteiger partial charge in [-0.1, -0.05) is 54.3 Å². The number of carbonyl (C=O) groups excluding carboxylic acids is 1. The van der Waals surface area contributed by atoms with Gasteiger partial charge in [0.1, 0.15) is 5.69 Å². The van der Waals surface area contributed by atoms with Crippen LogP contribution in [0.2, 0.25) is 0 Å². The van der Waals surface area contributed by atoms with E-state index < -0.39 is 5.54 Å². The minimum atomic E-state index is -0.536. The Kier molecular flexibility index (Phi) is 3.05. The third-order valence-corrected chi connectivity index (χ3v) is 5.41. The van der Waals surface area contributed by atoms with Crippen LogP contribution in [0.1, 0.15) is 40.0 Å². The van der Waals surface area contributed by atoms with E-state index in [4.69, 9.17) is 0 Å². The van der Waals surface area contributed by atoms with Gasteiger partial charge in [0.2, 0.25) is 0 Å². The number of para-hydroxylation sites is 1. The van der Waals surface area contributed by atoms with E-state index >= 15 is 0 Å². The second-order valence-electron chi connectivity index (χ2n) is 6.81. The largest absolute Gasteiger partial charge is 0.295 e. The molecule has 0 bridgehead atoms. The molecule has 0 radical (unpaired) electrons. The Labute approximate surface area is 152 Å². The Bertz CT molecular complexity index is 1090. The van der Waals surface area contributed by atoms with Gasteiger partial charge in [-0.05, 0) is 36.8 Å². The molecule has 2 aromatic carbocycles. The fourth-order valence-electron chi connectivity index (χ4n) is 4.20. The van der Waals surface area contributed by atoms with Gasteiger partial charge < -0.3 is 0 Å². The average Bonchev–Trinajstić information content (AvgIpc) is 3.08. The van der Waals surface area contributed by atoms with Crippen molar-refractivity contribution in [1.29, 1.82) is 0 Å². The van der Waals surface area contributed by atoms with Crippen LogP contribution >= 0.6 is 0 Å². The molecule has 2 aliphatic rings. The molecule has 0 N–H and O–H groups in total. The van der Waals surface area contributed by atoms with Crippen LogP contribution in [0, 0.1) is 11.8 Å². The maximum Gasteiger partial charge on any atom is 0.278 e. The first kappa shape index (κ1) is 14.9. The number of amides is 1. The van der Waals surface area contributed by atoms with Crippen molar-refractivity contribution in [3.8, 4) is 11.8 Å². The predicted molar refractivity (Wildman–Crippen MR) is 101 cm³/mol. The molecule has 0 fully saturated rings. The molecule has 5 rings (SSSR count). The Morgan fingerprint density at radius 3 is 2.62 bits per heavy atom. The van der Waals surface area contributed by atoms with Gasteiger partial charge in [0, 0.05) is 23.0 Å². The summed E-state index contributed by atoms with van der Waals surface area (Å²) in [5, 5.41) is 0. The van der Waals surface area contributed by atoms with Gasteiger partial charge in [-0.3, -0.25) is 14.7 Å². The molecule has 2 atom stereocenters. The van der Waals surface area contributed by atoms with Gasteiger partial charge in [0.15, 0.2) is 0 Å². The van der Waals surface area contributed by atoms with Crippen molar-refractivity contribution in [2.75, 3.05) is 4.90 Å². The molecular formula is C23H16N2O. The second-order valence-corrected chi connectivity index (χ2v) is 6.81. The Morgan fingerprint density at radius 2 is 1.77 bits per heavy atom. The molecule has 0 saturated carbocycles. The molecule has 3 aromatic rings. The third-order valence-electron chi connectivity index (χ3n) is 5.41. The number of aromatic nitrogens is 1. The number of hydrogen-bond acceptors (Lipinski definition) is 2. The Hall–Kier alpha value is -3.38. The van der Waals surface area contributed by atoms with E-state index in [0.29, 0.717) is 5.69 Å². The minimum Gasteiger partial charge on any atom is -0.295 e. The van der Waals surface area contributed by atoms with Crippen molar-refractivity contribution in [3.05, 3.63) is 95.3 Å². The van der Waals surface area contributed by atoms with E-state index in [2.05, 4.69) is 29.8 Å². The minimum absolute atomic E-state index is 0.0421. The lowest BCUT2D eigenvalue weighted by Crippen LogP contribution is -2.40. The normalized spacial score (nSPS) is 22.3. The van der Waals surface area contributed by atoms with Crippen LogP contribution in [0.15, 0.2) is 72.9 Å². The zero-order valence-electron chi connectivity index (χ0n) is 14.3. The summed E-state index contributed by atoms with van der Waals surface area (Å²) in [6, 6.07) is 21.9. The van der Waals surface area contributed by atoms with Gasteiger partial charge in [0.25, 0.3) is 5.91 Å². The van der Waals surface area contributed by atoms with Crippen LogP contribution in [0.3, 0.4) is 0 Å². The summed E-state index contributed by atoms with van der Waals surface area (Å²) >= 11 is 0. The predicted octanol–water partition coefficient (Wildman–Crippen LogP) is 4.11. The highest BCUT2D eigenvalue weighted by Gasteiger charge is 2.57. The summed E-state index contributed by atoms with van der Waals surface area (Å²) in [5.74, 6) is 6.61. The molecule has 0 unspecified atom stereocenters. The van der Waals surface area contributed by atoms with E-state index in [9.17, 15) is 4.79 Å². The van der Waals surface area contributed by atoms with Crippen LogP contribution in [0.5, 0.6) is 0 Å². The first-order chi connectivity index (χ1) is 12.7. The maximum absolute atomic E-state index is 13.1. The molecule has 0 aliphatic carbocycles. The molecule has 0 spiro atoms. The first-order valence-corrected chi connectivity index (χ1v) is 8.67. The topological polar surface area (TPSA) is 33.2 Å². The molecule has 2 aliphatic heterocycles. The highest BCUT2D eigenvalue weighted by molar-refractivity contribution is 6.13. The van der Waals surface area contributed by atoms with Crippen LogP contribution < -0.4 is 4.90 Å². The van der Waals surface area contributed by atoms with Crippen molar-refractivity contribution >= 4 is 11.6 Å². The quantitative estimate of drug-likeness (QED) is 0.579. The fraction of sp³-hybridized carbons (Fsp3) is 0.130. The zero-order chi connectivity index (χ0) is 17.7.